The van der Waals surface area contributed by atoms with E-state index in [1.807, 2.05) is 0 Å². The molecule has 0 bridgehead atoms. The Hall–Kier alpha value is -0.820. The van der Waals surface area contributed by atoms with Gasteiger partial charge in [0.2, 0.25) is 0 Å². The van der Waals surface area contributed by atoms with E-state index in [-0.39, 0.29) is 6.10 Å². The van der Waals surface area contributed by atoms with E-state index < -0.39 is 0 Å². The molecular weight excluding hydrogens is 196 g/mol. The molecule has 88 valence electrons. The largest absolute Gasteiger partial charge is 0.393 e. The topological polar surface area (TPSA) is 20.2 Å². The molecule has 1 aromatic rings. The maximum Gasteiger partial charge on any atom is 0.0540 e. The van der Waals surface area contributed by atoms with Crippen LogP contribution in [0, 0.1) is 20.8 Å². The summed E-state index contributed by atoms with van der Waals surface area (Å²) in [6.45, 7) is 6.63. The second-order valence-electron chi connectivity index (χ2n) is 5.23. The highest BCUT2D eigenvalue weighted by molar-refractivity contribution is 5.40. The van der Waals surface area contributed by atoms with Crippen molar-refractivity contribution in [2.75, 3.05) is 0 Å². The molecule has 0 unspecified atom stereocenters. The minimum Gasteiger partial charge on any atom is -0.393 e. The third kappa shape index (κ3) is 2.15. The molecule has 0 saturated heterocycles. The second kappa shape index (κ2) is 4.58. The van der Waals surface area contributed by atoms with Crippen molar-refractivity contribution >= 4 is 0 Å². The lowest BCUT2D eigenvalue weighted by molar-refractivity contribution is 0.122. The maximum absolute atomic E-state index is 9.54. The van der Waals surface area contributed by atoms with E-state index >= 15 is 0 Å². The van der Waals surface area contributed by atoms with E-state index in [0.717, 1.165) is 25.7 Å². The molecule has 2 rings (SSSR count). The van der Waals surface area contributed by atoms with E-state index in [0.29, 0.717) is 5.92 Å². The Morgan fingerprint density at radius 2 is 1.56 bits per heavy atom. The monoisotopic (exact) mass is 218 g/mol. The molecule has 0 spiro atoms. The summed E-state index contributed by atoms with van der Waals surface area (Å²) >= 11 is 0. The summed E-state index contributed by atoms with van der Waals surface area (Å²) in [5.74, 6) is 0.669. The molecule has 1 heteroatoms. The van der Waals surface area contributed by atoms with Gasteiger partial charge in [0.15, 0.2) is 0 Å². The van der Waals surface area contributed by atoms with Gasteiger partial charge in [0, 0.05) is 0 Å². The molecule has 1 saturated carbocycles. The van der Waals surface area contributed by atoms with Crippen LogP contribution in [0.15, 0.2) is 12.1 Å². The molecule has 0 heterocycles. The normalized spacial score (nSPS) is 25.8. The number of hydrogen-bond donors (Lipinski definition) is 1. The lowest BCUT2D eigenvalue weighted by atomic mass is 9.80. The van der Waals surface area contributed by atoms with Crippen molar-refractivity contribution in [1.29, 1.82) is 0 Å². The maximum atomic E-state index is 9.54. The van der Waals surface area contributed by atoms with Crippen molar-refractivity contribution in [2.24, 2.45) is 0 Å². The first-order chi connectivity index (χ1) is 7.59. The fraction of sp³-hybridized carbons (Fsp3) is 0.600. The summed E-state index contributed by atoms with van der Waals surface area (Å²) < 4.78 is 0. The van der Waals surface area contributed by atoms with E-state index in [1.54, 1.807) is 0 Å². The van der Waals surface area contributed by atoms with Gasteiger partial charge < -0.3 is 5.11 Å². The smallest absolute Gasteiger partial charge is 0.0540 e. The molecule has 0 atom stereocenters. The van der Waals surface area contributed by atoms with Gasteiger partial charge in [-0.15, -0.1) is 0 Å². The summed E-state index contributed by atoms with van der Waals surface area (Å²) in [5, 5.41) is 9.54. The number of aliphatic hydroxyl groups is 1. The SMILES string of the molecule is Cc1ccc(C2CCC(O)CC2)c(C)c1C. The molecule has 0 aromatic heterocycles. The van der Waals surface area contributed by atoms with E-state index in [4.69, 9.17) is 0 Å². The highest BCUT2D eigenvalue weighted by atomic mass is 16.3. The molecule has 0 aliphatic heterocycles. The average Bonchev–Trinajstić information content (AvgIpc) is 2.28. The van der Waals surface area contributed by atoms with Gasteiger partial charge in [-0.25, -0.2) is 0 Å². The van der Waals surface area contributed by atoms with E-state index in [9.17, 15) is 5.11 Å². The molecule has 1 aliphatic carbocycles. The minimum absolute atomic E-state index is 0.0527. The number of aryl methyl sites for hydroxylation is 1. The van der Waals surface area contributed by atoms with Gasteiger partial charge in [-0.05, 0) is 74.6 Å². The summed E-state index contributed by atoms with van der Waals surface area (Å²) in [6, 6.07) is 4.53. The molecule has 1 aromatic carbocycles. The first-order valence-corrected chi connectivity index (χ1v) is 6.34. The van der Waals surface area contributed by atoms with Crippen molar-refractivity contribution < 1.29 is 5.11 Å². The first-order valence-electron chi connectivity index (χ1n) is 6.34. The Balaban J connectivity index is 2.24. The van der Waals surface area contributed by atoms with Gasteiger partial charge >= 0.3 is 0 Å². The second-order valence-corrected chi connectivity index (χ2v) is 5.23. The quantitative estimate of drug-likeness (QED) is 0.763. The van der Waals surface area contributed by atoms with Crippen LogP contribution in [0.1, 0.15) is 53.9 Å². The van der Waals surface area contributed by atoms with Crippen molar-refractivity contribution in [1.82, 2.24) is 0 Å². The highest BCUT2D eigenvalue weighted by Gasteiger charge is 2.22. The third-order valence-electron chi connectivity index (χ3n) is 4.24. The molecular formula is C15H22O. The zero-order valence-electron chi connectivity index (χ0n) is 10.6. The Labute approximate surface area is 98.5 Å². The summed E-state index contributed by atoms with van der Waals surface area (Å²) in [4.78, 5) is 0. The zero-order valence-corrected chi connectivity index (χ0v) is 10.6. The van der Waals surface area contributed by atoms with Crippen LogP contribution in [0.4, 0.5) is 0 Å². The number of benzene rings is 1. The number of hydrogen-bond acceptors (Lipinski definition) is 1. The fourth-order valence-electron chi connectivity index (χ4n) is 2.81. The zero-order chi connectivity index (χ0) is 11.7. The lowest BCUT2D eigenvalue weighted by Gasteiger charge is -2.27. The van der Waals surface area contributed by atoms with Crippen molar-refractivity contribution in [2.45, 2.75) is 58.5 Å². The molecule has 1 nitrogen and oxygen atoms in total. The average molecular weight is 218 g/mol. The Morgan fingerprint density at radius 3 is 2.19 bits per heavy atom. The first kappa shape index (κ1) is 11.7. The van der Waals surface area contributed by atoms with E-state index in [1.165, 1.54) is 22.3 Å². The summed E-state index contributed by atoms with van der Waals surface area (Å²) in [7, 11) is 0. The van der Waals surface area contributed by atoms with Gasteiger partial charge in [0.25, 0.3) is 0 Å². The van der Waals surface area contributed by atoms with Crippen LogP contribution in [0.25, 0.3) is 0 Å². The summed E-state index contributed by atoms with van der Waals surface area (Å²) in [5.41, 5.74) is 5.79. The van der Waals surface area contributed by atoms with Gasteiger partial charge in [-0.2, -0.15) is 0 Å². The van der Waals surface area contributed by atoms with Gasteiger partial charge in [0.05, 0.1) is 6.10 Å². The Bertz CT molecular complexity index is 373. The van der Waals surface area contributed by atoms with Crippen LogP contribution >= 0.6 is 0 Å². The third-order valence-corrected chi connectivity index (χ3v) is 4.24. The van der Waals surface area contributed by atoms with E-state index in [2.05, 4.69) is 32.9 Å². The van der Waals surface area contributed by atoms with Crippen LogP contribution in [-0.4, -0.2) is 11.2 Å². The van der Waals surface area contributed by atoms with Crippen molar-refractivity contribution in [3.8, 4) is 0 Å². The number of aliphatic hydroxyl groups excluding tert-OH is 1. The van der Waals surface area contributed by atoms with Crippen molar-refractivity contribution in [3.63, 3.8) is 0 Å². The van der Waals surface area contributed by atoms with Gasteiger partial charge in [-0.3, -0.25) is 0 Å². The van der Waals surface area contributed by atoms with Crippen molar-refractivity contribution in [3.05, 3.63) is 34.4 Å². The van der Waals surface area contributed by atoms with Crippen LogP contribution in [0.3, 0.4) is 0 Å². The van der Waals surface area contributed by atoms with Crippen LogP contribution in [-0.2, 0) is 0 Å². The Kier molecular flexibility index (Phi) is 3.34. The molecule has 0 radical (unpaired) electrons. The Morgan fingerprint density at radius 1 is 0.938 bits per heavy atom. The van der Waals surface area contributed by atoms with Crippen LogP contribution in [0.2, 0.25) is 0 Å². The van der Waals surface area contributed by atoms with Gasteiger partial charge in [0.1, 0.15) is 0 Å². The van der Waals surface area contributed by atoms with Gasteiger partial charge in [-0.1, -0.05) is 12.1 Å². The highest BCUT2D eigenvalue weighted by Crippen LogP contribution is 2.35. The lowest BCUT2D eigenvalue weighted by Crippen LogP contribution is -2.17. The van der Waals surface area contributed by atoms with Crippen LogP contribution < -0.4 is 0 Å². The van der Waals surface area contributed by atoms with Crippen LogP contribution in [0.5, 0.6) is 0 Å². The molecule has 1 aliphatic rings. The number of rotatable bonds is 1. The minimum atomic E-state index is -0.0527. The molecule has 1 fully saturated rings. The fourth-order valence-corrected chi connectivity index (χ4v) is 2.81. The summed E-state index contributed by atoms with van der Waals surface area (Å²) in [6.07, 6.45) is 4.17. The molecule has 0 amide bonds. The molecule has 16 heavy (non-hydrogen) atoms. The predicted molar refractivity (Wildman–Crippen MR) is 67.9 cm³/mol. The standard InChI is InChI=1S/C15H22O/c1-10-4-9-15(12(3)11(10)2)13-5-7-14(16)8-6-13/h4,9,13-14,16H,5-8H2,1-3H3. The molecule has 1 N–H and O–H groups in total. The predicted octanol–water partition coefficient (Wildman–Crippen LogP) is 3.63.